The Morgan fingerprint density at radius 3 is 2.47 bits per heavy atom. The summed E-state index contributed by atoms with van der Waals surface area (Å²) in [6, 6.07) is 8.37. The average Bonchev–Trinajstić information content (AvgIpc) is 2.27. The predicted molar refractivity (Wildman–Crippen MR) is 51.6 cm³/mol. The van der Waals surface area contributed by atoms with Gasteiger partial charge in [0.1, 0.15) is 0 Å². The summed E-state index contributed by atoms with van der Waals surface area (Å²) < 4.78 is 15.8. The molecule has 0 radical (unpaired) electrons. The normalized spacial score (nSPS) is 12.0. The van der Waals surface area contributed by atoms with Gasteiger partial charge >= 0.3 is 5.95 Å². The molecule has 0 saturated carbocycles. The standard InChI is InChI=1S/C11H6O4/c12-7-5-6-13-11-10(7)14-8-3-1-2-4-9(8)15-11/h1-6H. The monoisotopic (exact) mass is 202 g/mol. The molecule has 0 N–H and O–H groups in total. The van der Waals surface area contributed by atoms with Crippen LogP contribution in [0.3, 0.4) is 0 Å². The molecular formula is C11H6O4. The van der Waals surface area contributed by atoms with Crippen LogP contribution in [0.4, 0.5) is 0 Å². The molecule has 15 heavy (non-hydrogen) atoms. The Kier molecular flexibility index (Phi) is 1.56. The number of hydrogen-bond acceptors (Lipinski definition) is 4. The zero-order valence-electron chi connectivity index (χ0n) is 7.60. The number of benzene rings is 1. The maximum Gasteiger partial charge on any atom is 0.339 e. The predicted octanol–water partition coefficient (Wildman–Crippen LogP) is 2.54. The molecule has 4 nitrogen and oxygen atoms in total. The van der Waals surface area contributed by atoms with Crippen molar-refractivity contribution in [3.63, 3.8) is 0 Å². The van der Waals surface area contributed by atoms with Crippen LogP contribution in [0.1, 0.15) is 0 Å². The second kappa shape index (κ2) is 2.88. The number of rotatable bonds is 0. The molecule has 1 aromatic carbocycles. The van der Waals surface area contributed by atoms with E-state index in [-0.39, 0.29) is 17.1 Å². The second-order valence-corrected chi connectivity index (χ2v) is 3.05. The highest BCUT2D eigenvalue weighted by Crippen LogP contribution is 2.42. The SMILES string of the molecule is O=c1ccoc2c1Oc1ccccc1O2. The molecule has 2 heterocycles. The lowest BCUT2D eigenvalue weighted by molar-refractivity contribution is 0.270. The van der Waals surface area contributed by atoms with Crippen molar-refractivity contribution in [3.8, 4) is 23.2 Å². The van der Waals surface area contributed by atoms with Crippen LogP contribution in [0, 0.1) is 0 Å². The van der Waals surface area contributed by atoms with Crippen LogP contribution >= 0.6 is 0 Å². The lowest BCUT2D eigenvalue weighted by Crippen LogP contribution is -2.08. The Bertz CT molecular complexity index is 571. The second-order valence-electron chi connectivity index (χ2n) is 3.05. The maximum atomic E-state index is 11.4. The maximum absolute atomic E-state index is 11.4. The first-order chi connectivity index (χ1) is 7.34. The molecule has 3 rings (SSSR count). The lowest BCUT2D eigenvalue weighted by atomic mass is 10.3. The molecule has 0 amide bonds. The van der Waals surface area contributed by atoms with E-state index in [4.69, 9.17) is 13.9 Å². The average molecular weight is 202 g/mol. The Labute approximate surface area is 84.7 Å². The summed E-state index contributed by atoms with van der Waals surface area (Å²) in [5.74, 6) is 1.25. The molecular weight excluding hydrogens is 196 g/mol. The summed E-state index contributed by atoms with van der Waals surface area (Å²) in [6.45, 7) is 0. The Morgan fingerprint density at radius 2 is 1.67 bits per heavy atom. The minimum Gasteiger partial charge on any atom is -0.442 e. The van der Waals surface area contributed by atoms with E-state index in [1.807, 2.05) is 6.07 Å². The smallest absolute Gasteiger partial charge is 0.339 e. The first kappa shape index (κ1) is 8.11. The van der Waals surface area contributed by atoms with Gasteiger partial charge in [0, 0.05) is 6.07 Å². The van der Waals surface area contributed by atoms with Crippen LogP contribution < -0.4 is 14.9 Å². The van der Waals surface area contributed by atoms with E-state index in [0.29, 0.717) is 11.5 Å². The van der Waals surface area contributed by atoms with Gasteiger partial charge in [0.05, 0.1) is 6.26 Å². The molecule has 1 aliphatic rings. The fourth-order valence-corrected chi connectivity index (χ4v) is 1.38. The van der Waals surface area contributed by atoms with Crippen molar-refractivity contribution >= 4 is 0 Å². The fraction of sp³-hybridized carbons (Fsp3) is 0. The number of ether oxygens (including phenoxy) is 2. The summed E-state index contributed by atoms with van der Waals surface area (Å²) in [5, 5.41) is 0. The lowest BCUT2D eigenvalue weighted by Gasteiger charge is -2.17. The van der Waals surface area contributed by atoms with E-state index in [9.17, 15) is 4.79 Å². The minimum atomic E-state index is -0.259. The van der Waals surface area contributed by atoms with Crippen LogP contribution in [0.5, 0.6) is 23.2 Å². The molecule has 0 atom stereocenters. The van der Waals surface area contributed by atoms with Crippen LogP contribution in [0.15, 0.2) is 45.8 Å². The van der Waals surface area contributed by atoms with Gasteiger partial charge in [-0.05, 0) is 12.1 Å². The van der Waals surface area contributed by atoms with E-state index >= 15 is 0 Å². The van der Waals surface area contributed by atoms with Gasteiger partial charge in [0.2, 0.25) is 5.43 Å². The van der Waals surface area contributed by atoms with E-state index in [1.54, 1.807) is 18.2 Å². The molecule has 2 aromatic rings. The van der Waals surface area contributed by atoms with E-state index in [1.165, 1.54) is 12.3 Å². The van der Waals surface area contributed by atoms with E-state index < -0.39 is 0 Å². The van der Waals surface area contributed by atoms with Crippen molar-refractivity contribution in [2.75, 3.05) is 0 Å². The number of hydrogen-bond donors (Lipinski definition) is 0. The molecule has 0 fully saturated rings. The highest BCUT2D eigenvalue weighted by Gasteiger charge is 2.22. The summed E-state index contributed by atoms with van der Waals surface area (Å²) >= 11 is 0. The highest BCUT2D eigenvalue weighted by atomic mass is 16.6. The van der Waals surface area contributed by atoms with Crippen LogP contribution in [-0.2, 0) is 0 Å². The Balaban J connectivity index is 2.19. The zero-order valence-corrected chi connectivity index (χ0v) is 7.60. The van der Waals surface area contributed by atoms with Gasteiger partial charge in [0.25, 0.3) is 5.75 Å². The molecule has 74 valence electrons. The molecule has 1 aliphatic heterocycles. The molecule has 0 unspecified atom stereocenters. The van der Waals surface area contributed by atoms with Crippen molar-refractivity contribution < 1.29 is 13.9 Å². The molecule has 0 aliphatic carbocycles. The first-order valence-corrected chi connectivity index (χ1v) is 4.41. The quantitative estimate of drug-likeness (QED) is 0.562. The topological polar surface area (TPSA) is 48.7 Å². The largest absolute Gasteiger partial charge is 0.442 e. The van der Waals surface area contributed by atoms with Gasteiger partial charge in [-0.2, -0.15) is 0 Å². The van der Waals surface area contributed by atoms with Gasteiger partial charge in [0.15, 0.2) is 11.5 Å². The van der Waals surface area contributed by atoms with Crippen LogP contribution in [0.2, 0.25) is 0 Å². The van der Waals surface area contributed by atoms with Gasteiger partial charge in [-0.25, -0.2) is 0 Å². The summed E-state index contributed by atoms with van der Waals surface area (Å²) in [6.07, 6.45) is 1.28. The van der Waals surface area contributed by atoms with Gasteiger partial charge in [-0.3, -0.25) is 4.79 Å². The van der Waals surface area contributed by atoms with Crippen LogP contribution in [0.25, 0.3) is 0 Å². The van der Waals surface area contributed by atoms with Crippen molar-refractivity contribution in [1.29, 1.82) is 0 Å². The molecule has 0 bridgehead atoms. The van der Waals surface area contributed by atoms with Gasteiger partial charge < -0.3 is 13.9 Å². The van der Waals surface area contributed by atoms with Gasteiger partial charge in [-0.15, -0.1) is 0 Å². The van der Waals surface area contributed by atoms with Gasteiger partial charge in [-0.1, -0.05) is 12.1 Å². The highest BCUT2D eigenvalue weighted by molar-refractivity contribution is 5.50. The zero-order chi connectivity index (χ0) is 10.3. The van der Waals surface area contributed by atoms with E-state index in [2.05, 4.69) is 0 Å². The van der Waals surface area contributed by atoms with Crippen molar-refractivity contribution in [2.45, 2.75) is 0 Å². The third-order valence-electron chi connectivity index (χ3n) is 2.07. The van der Waals surface area contributed by atoms with Crippen molar-refractivity contribution in [1.82, 2.24) is 0 Å². The third-order valence-corrected chi connectivity index (χ3v) is 2.07. The molecule has 1 aromatic heterocycles. The number of fused-ring (bicyclic) bond motifs is 2. The van der Waals surface area contributed by atoms with Crippen molar-refractivity contribution in [3.05, 3.63) is 46.8 Å². The number of para-hydroxylation sites is 2. The van der Waals surface area contributed by atoms with E-state index in [0.717, 1.165) is 0 Å². The fourth-order valence-electron chi connectivity index (χ4n) is 1.38. The Morgan fingerprint density at radius 1 is 0.933 bits per heavy atom. The Hall–Kier alpha value is -2.23. The summed E-state index contributed by atoms with van der Waals surface area (Å²) in [4.78, 5) is 11.4. The summed E-state index contributed by atoms with van der Waals surface area (Å²) in [5.41, 5.74) is -0.259. The first-order valence-electron chi connectivity index (χ1n) is 4.41. The van der Waals surface area contributed by atoms with Crippen molar-refractivity contribution in [2.24, 2.45) is 0 Å². The third kappa shape index (κ3) is 1.19. The molecule has 0 saturated heterocycles. The minimum absolute atomic E-state index is 0.0937. The molecule has 0 spiro atoms. The van der Waals surface area contributed by atoms with Crippen LogP contribution in [-0.4, -0.2) is 0 Å². The summed E-state index contributed by atoms with van der Waals surface area (Å²) in [7, 11) is 0. The molecule has 4 heteroatoms.